The normalized spacial score (nSPS) is 10.2. The van der Waals surface area contributed by atoms with Gasteiger partial charge in [0.15, 0.2) is 11.5 Å². The molecule has 0 saturated carbocycles. The second-order valence-electron chi connectivity index (χ2n) is 3.40. The summed E-state index contributed by atoms with van der Waals surface area (Å²) < 4.78 is 10.4. The van der Waals surface area contributed by atoms with E-state index in [0.717, 1.165) is 5.39 Å². The van der Waals surface area contributed by atoms with Crippen LogP contribution < -0.4 is 9.47 Å². The second-order valence-corrected chi connectivity index (χ2v) is 3.40. The number of rotatable bonds is 3. The molecule has 17 heavy (non-hydrogen) atoms. The van der Waals surface area contributed by atoms with E-state index >= 15 is 0 Å². The van der Waals surface area contributed by atoms with Crippen molar-refractivity contribution >= 4 is 16.7 Å². The number of fused-ring (bicyclic) bond motifs is 1. The van der Waals surface area contributed by atoms with E-state index in [1.165, 1.54) is 26.5 Å². The van der Waals surface area contributed by atoms with Crippen LogP contribution in [-0.4, -0.2) is 30.3 Å². The van der Waals surface area contributed by atoms with Crippen molar-refractivity contribution in [3.05, 3.63) is 30.1 Å². The summed E-state index contributed by atoms with van der Waals surface area (Å²) in [5.74, 6) is -0.00536. The van der Waals surface area contributed by atoms with Gasteiger partial charge < -0.3 is 14.6 Å². The minimum atomic E-state index is -1.07. The smallest absolute Gasteiger partial charge is 0.354 e. The number of nitrogens with zero attached hydrogens (tertiary/aromatic N) is 1. The number of aromatic carboxylic acids is 1. The molecule has 5 nitrogen and oxygen atoms in total. The monoisotopic (exact) mass is 233 g/mol. The average Bonchev–Trinajstić information content (AvgIpc) is 2.36. The molecule has 0 unspecified atom stereocenters. The number of hydrogen-bond donors (Lipinski definition) is 1. The maximum Gasteiger partial charge on any atom is 0.354 e. The molecule has 1 heterocycles. The lowest BCUT2D eigenvalue weighted by Crippen LogP contribution is -2.00. The molecular weight excluding hydrogens is 222 g/mol. The van der Waals surface area contributed by atoms with Crippen LogP contribution in [0.25, 0.3) is 10.8 Å². The van der Waals surface area contributed by atoms with Gasteiger partial charge in [-0.05, 0) is 18.2 Å². The van der Waals surface area contributed by atoms with E-state index < -0.39 is 5.97 Å². The zero-order chi connectivity index (χ0) is 12.4. The standard InChI is InChI=1S/C12H11NO4/c1-16-10-4-3-7-6-13-9(12(14)15)5-8(7)11(10)17-2/h3-6H,1-2H3,(H,14,15). The Morgan fingerprint density at radius 3 is 2.65 bits per heavy atom. The van der Waals surface area contributed by atoms with Crippen LogP contribution in [0.2, 0.25) is 0 Å². The Morgan fingerprint density at radius 2 is 2.06 bits per heavy atom. The van der Waals surface area contributed by atoms with Gasteiger partial charge in [-0.25, -0.2) is 9.78 Å². The zero-order valence-electron chi connectivity index (χ0n) is 9.43. The van der Waals surface area contributed by atoms with Gasteiger partial charge >= 0.3 is 5.97 Å². The Kier molecular flexibility index (Phi) is 2.82. The highest BCUT2D eigenvalue weighted by Crippen LogP contribution is 2.35. The van der Waals surface area contributed by atoms with Crippen molar-refractivity contribution in [2.75, 3.05) is 14.2 Å². The lowest BCUT2D eigenvalue weighted by atomic mass is 10.1. The number of carbonyl (C=O) groups is 1. The fourth-order valence-electron chi connectivity index (χ4n) is 1.66. The average molecular weight is 233 g/mol. The van der Waals surface area contributed by atoms with Crippen molar-refractivity contribution in [3.63, 3.8) is 0 Å². The first-order chi connectivity index (χ1) is 8.17. The third-order valence-corrected chi connectivity index (χ3v) is 2.46. The maximum absolute atomic E-state index is 10.9. The molecule has 0 aliphatic rings. The highest BCUT2D eigenvalue weighted by Gasteiger charge is 2.12. The van der Waals surface area contributed by atoms with Gasteiger partial charge in [-0.1, -0.05) is 0 Å². The number of ether oxygens (including phenoxy) is 2. The molecule has 1 aromatic heterocycles. The molecule has 0 aliphatic carbocycles. The van der Waals surface area contributed by atoms with Gasteiger partial charge in [0.1, 0.15) is 5.69 Å². The fourth-order valence-corrected chi connectivity index (χ4v) is 1.66. The number of benzene rings is 1. The Morgan fingerprint density at radius 1 is 1.29 bits per heavy atom. The van der Waals surface area contributed by atoms with Crippen molar-refractivity contribution in [3.8, 4) is 11.5 Å². The van der Waals surface area contributed by atoms with Gasteiger partial charge in [-0.15, -0.1) is 0 Å². The molecule has 0 radical (unpaired) electrons. The minimum Gasteiger partial charge on any atom is -0.493 e. The molecule has 0 saturated heterocycles. The Balaban J connectivity index is 2.75. The summed E-state index contributed by atoms with van der Waals surface area (Å²) in [5.41, 5.74) is -0.0240. The molecule has 0 fully saturated rings. The summed E-state index contributed by atoms with van der Waals surface area (Å²) >= 11 is 0. The van der Waals surface area contributed by atoms with Gasteiger partial charge in [0, 0.05) is 17.0 Å². The van der Waals surface area contributed by atoms with Crippen LogP contribution in [0.4, 0.5) is 0 Å². The lowest BCUT2D eigenvalue weighted by molar-refractivity contribution is 0.0690. The Hall–Kier alpha value is -2.30. The van der Waals surface area contributed by atoms with Gasteiger partial charge in [0.05, 0.1) is 14.2 Å². The molecule has 88 valence electrons. The van der Waals surface area contributed by atoms with Gasteiger partial charge in [0.25, 0.3) is 0 Å². The number of carboxylic acid groups (broad SMARTS) is 1. The van der Waals surface area contributed by atoms with Crippen LogP contribution in [0, 0.1) is 0 Å². The van der Waals surface area contributed by atoms with Crippen molar-refractivity contribution < 1.29 is 19.4 Å². The first kappa shape index (κ1) is 11.2. The van der Waals surface area contributed by atoms with Crippen molar-refractivity contribution in [1.29, 1.82) is 0 Å². The van der Waals surface area contributed by atoms with Crippen LogP contribution in [0.3, 0.4) is 0 Å². The van der Waals surface area contributed by atoms with Crippen molar-refractivity contribution in [2.24, 2.45) is 0 Å². The largest absolute Gasteiger partial charge is 0.493 e. The summed E-state index contributed by atoms with van der Waals surface area (Å²) in [6.07, 6.45) is 1.50. The van der Waals surface area contributed by atoms with E-state index in [4.69, 9.17) is 14.6 Å². The first-order valence-electron chi connectivity index (χ1n) is 4.91. The summed E-state index contributed by atoms with van der Waals surface area (Å²) in [5, 5.41) is 10.4. The second kappa shape index (κ2) is 4.29. The number of pyridine rings is 1. The molecule has 0 bridgehead atoms. The molecule has 1 N–H and O–H groups in total. The third-order valence-electron chi connectivity index (χ3n) is 2.46. The Labute approximate surface area is 97.6 Å². The van der Waals surface area contributed by atoms with Gasteiger partial charge in [0.2, 0.25) is 0 Å². The van der Waals surface area contributed by atoms with E-state index in [1.54, 1.807) is 12.1 Å². The maximum atomic E-state index is 10.9. The molecule has 2 rings (SSSR count). The summed E-state index contributed by atoms with van der Waals surface area (Å²) in [6.45, 7) is 0. The van der Waals surface area contributed by atoms with Gasteiger partial charge in [-0.3, -0.25) is 0 Å². The van der Waals surface area contributed by atoms with E-state index in [2.05, 4.69) is 4.98 Å². The molecule has 2 aromatic rings. The predicted molar refractivity (Wildman–Crippen MR) is 61.8 cm³/mol. The first-order valence-corrected chi connectivity index (χ1v) is 4.91. The zero-order valence-corrected chi connectivity index (χ0v) is 9.43. The predicted octanol–water partition coefficient (Wildman–Crippen LogP) is 1.95. The number of methoxy groups -OCH3 is 2. The van der Waals surface area contributed by atoms with E-state index in [1.807, 2.05) is 0 Å². The Bertz CT molecular complexity index is 580. The van der Waals surface area contributed by atoms with E-state index in [-0.39, 0.29) is 5.69 Å². The molecule has 0 atom stereocenters. The summed E-state index contributed by atoms with van der Waals surface area (Å²) in [6, 6.07) is 5.03. The third kappa shape index (κ3) is 1.87. The highest BCUT2D eigenvalue weighted by molar-refractivity contribution is 5.95. The SMILES string of the molecule is COc1ccc2cnc(C(=O)O)cc2c1OC. The van der Waals surface area contributed by atoms with Crippen molar-refractivity contribution in [1.82, 2.24) is 4.98 Å². The van der Waals surface area contributed by atoms with Gasteiger partial charge in [-0.2, -0.15) is 0 Å². The van der Waals surface area contributed by atoms with Crippen LogP contribution in [-0.2, 0) is 0 Å². The fraction of sp³-hybridized carbons (Fsp3) is 0.167. The minimum absolute atomic E-state index is 0.0240. The van der Waals surface area contributed by atoms with E-state index in [9.17, 15) is 4.79 Å². The molecule has 0 spiro atoms. The number of hydrogen-bond acceptors (Lipinski definition) is 4. The molecular formula is C12H11NO4. The quantitative estimate of drug-likeness (QED) is 0.877. The summed E-state index contributed by atoms with van der Waals surface area (Å²) in [4.78, 5) is 14.7. The highest BCUT2D eigenvalue weighted by atomic mass is 16.5. The number of aromatic nitrogens is 1. The molecule has 0 amide bonds. The van der Waals surface area contributed by atoms with E-state index in [0.29, 0.717) is 16.9 Å². The summed E-state index contributed by atoms with van der Waals surface area (Å²) in [7, 11) is 3.04. The molecule has 0 aliphatic heterocycles. The van der Waals surface area contributed by atoms with Crippen LogP contribution in [0.15, 0.2) is 24.4 Å². The molecule has 5 heteroatoms. The van der Waals surface area contributed by atoms with Crippen LogP contribution in [0.1, 0.15) is 10.5 Å². The van der Waals surface area contributed by atoms with Crippen molar-refractivity contribution in [2.45, 2.75) is 0 Å². The van der Waals surface area contributed by atoms with Crippen LogP contribution in [0.5, 0.6) is 11.5 Å². The topological polar surface area (TPSA) is 68.7 Å². The molecule has 1 aromatic carbocycles. The van der Waals surface area contributed by atoms with Crippen LogP contribution >= 0.6 is 0 Å². The number of carboxylic acids is 1. The lowest BCUT2D eigenvalue weighted by Gasteiger charge is -2.10.